The van der Waals surface area contributed by atoms with Gasteiger partial charge in [-0.15, -0.1) is 0 Å². The second-order valence-corrected chi connectivity index (χ2v) is 10.3. The number of benzene rings is 2. The molecule has 2 aromatic rings. The number of hydrogen-bond acceptors (Lipinski definition) is 4. The zero-order chi connectivity index (χ0) is 21.7. The van der Waals surface area contributed by atoms with Crippen LogP contribution in [0.4, 0.5) is 0 Å². The lowest BCUT2D eigenvalue weighted by molar-refractivity contribution is -0.146. The zero-order valence-electron chi connectivity index (χ0n) is 17.4. The molecule has 0 N–H and O–H groups in total. The molecule has 0 aliphatic heterocycles. The number of ether oxygens (including phenoxy) is 1. The van der Waals surface area contributed by atoms with Crippen molar-refractivity contribution in [3.05, 3.63) is 64.7 Å². The minimum atomic E-state index is -3.93. The van der Waals surface area contributed by atoms with Crippen molar-refractivity contribution in [2.75, 3.05) is 6.61 Å². The molecule has 6 heteroatoms. The third-order valence-corrected chi connectivity index (χ3v) is 8.14. The Morgan fingerprint density at radius 1 is 1.07 bits per heavy atom. The maximum atomic E-state index is 13.4. The average Bonchev–Trinajstić information content (AvgIpc) is 2.69. The van der Waals surface area contributed by atoms with Crippen molar-refractivity contribution < 1.29 is 17.9 Å². The Bertz CT molecular complexity index is 920. The largest absolute Gasteiger partial charge is 0.465 e. The van der Waals surface area contributed by atoms with E-state index in [0.717, 1.165) is 17.5 Å². The topological polar surface area (TPSA) is 60.4 Å². The van der Waals surface area contributed by atoms with Gasteiger partial charge in [0.15, 0.2) is 14.6 Å². The number of hydrogen-bond donors (Lipinski definition) is 0. The van der Waals surface area contributed by atoms with E-state index >= 15 is 0 Å². The van der Waals surface area contributed by atoms with Crippen LogP contribution in [0.3, 0.4) is 0 Å². The van der Waals surface area contributed by atoms with Gasteiger partial charge >= 0.3 is 5.97 Å². The van der Waals surface area contributed by atoms with Gasteiger partial charge in [0.2, 0.25) is 0 Å². The fourth-order valence-electron chi connectivity index (χ4n) is 3.40. The monoisotopic (exact) mass is 436 g/mol. The molecule has 0 saturated carbocycles. The Hall–Kier alpha value is -1.85. The highest BCUT2D eigenvalue weighted by Gasteiger charge is 2.48. The number of esters is 1. The van der Waals surface area contributed by atoms with Crippen LogP contribution >= 0.6 is 11.6 Å². The van der Waals surface area contributed by atoms with Crippen LogP contribution in [0.25, 0.3) is 0 Å². The van der Waals surface area contributed by atoms with E-state index in [2.05, 4.69) is 6.92 Å². The van der Waals surface area contributed by atoms with Crippen molar-refractivity contribution in [2.24, 2.45) is 0 Å². The Labute approximate surface area is 179 Å². The van der Waals surface area contributed by atoms with Gasteiger partial charge in [0, 0.05) is 5.02 Å². The molecule has 0 amide bonds. The number of sulfone groups is 1. The van der Waals surface area contributed by atoms with E-state index < -0.39 is 20.6 Å². The van der Waals surface area contributed by atoms with E-state index in [1.54, 1.807) is 31.2 Å². The first-order chi connectivity index (χ1) is 13.7. The van der Waals surface area contributed by atoms with Crippen LogP contribution in [0.5, 0.6) is 0 Å². The molecule has 0 aliphatic carbocycles. The highest BCUT2D eigenvalue weighted by Crippen LogP contribution is 2.36. The summed E-state index contributed by atoms with van der Waals surface area (Å²) in [6.45, 7) is 7.23. The Morgan fingerprint density at radius 2 is 1.66 bits per heavy atom. The minimum Gasteiger partial charge on any atom is -0.465 e. The average molecular weight is 437 g/mol. The van der Waals surface area contributed by atoms with Crippen LogP contribution in [-0.4, -0.2) is 25.7 Å². The summed E-state index contributed by atoms with van der Waals surface area (Å²) in [5.74, 6) is -0.583. The molecule has 0 aliphatic rings. The summed E-state index contributed by atoms with van der Waals surface area (Å²) in [7, 11) is -3.93. The number of carbonyl (C=O) groups excluding carboxylic acids is 1. The third kappa shape index (κ3) is 5.20. The molecule has 0 radical (unpaired) electrons. The van der Waals surface area contributed by atoms with Gasteiger partial charge in [-0.05, 0) is 75.8 Å². The normalized spacial score (nSPS) is 14.8. The summed E-state index contributed by atoms with van der Waals surface area (Å²) in [5.41, 5.74) is 2.03. The molecule has 2 atom stereocenters. The second kappa shape index (κ2) is 9.77. The molecule has 29 heavy (non-hydrogen) atoms. The Morgan fingerprint density at radius 3 is 2.17 bits per heavy atom. The van der Waals surface area contributed by atoms with Gasteiger partial charge in [-0.1, -0.05) is 48.4 Å². The third-order valence-electron chi connectivity index (χ3n) is 5.44. The van der Waals surface area contributed by atoms with Gasteiger partial charge in [0.25, 0.3) is 0 Å². The van der Waals surface area contributed by atoms with Crippen LogP contribution in [0.1, 0.15) is 57.1 Å². The van der Waals surface area contributed by atoms with Crippen molar-refractivity contribution in [3.63, 3.8) is 0 Å². The van der Waals surface area contributed by atoms with E-state index in [4.69, 9.17) is 16.3 Å². The van der Waals surface area contributed by atoms with Crippen molar-refractivity contribution >= 4 is 27.4 Å². The van der Waals surface area contributed by atoms with E-state index in [1.807, 2.05) is 31.2 Å². The fraction of sp³-hybridized carbons (Fsp3) is 0.435. The molecule has 0 aromatic heterocycles. The van der Waals surface area contributed by atoms with Crippen LogP contribution in [0.2, 0.25) is 5.02 Å². The number of halogens is 1. The van der Waals surface area contributed by atoms with Crippen molar-refractivity contribution in [1.29, 1.82) is 0 Å². The maximum absolute atomic E-state index is 13.4. The molecule has 0 heterocycles. The Balaban J connectivity index is 2.37. The van der Waals surface area contributed by atoms with E-state index in [9.17, 15) is 13.2 Å². The van der Waals surface area contributed by atoms with Crippen molar-refractivity contribution in [1.82, 2.24) is 0 Å². The van der Waals surface area contributed by atoms with Gasteiger partial charge in [-0.25, -0.2) is 8.42 Å². The van der Waals surface area contributed by atoms with Gasteiger partial charge in [-0.2, -0.15) is 0 Å². The molecule has 0 spiro atoms. The summed E-state index contributed by atoms with van der Waals surface area (Å²) in [4.78, 5) is 13.0. The lowest BCUT2D eigenvalue weighted by atomic mass is 9.88. The van der Waals surface area contributed by atoms with Crippen LogP contribution in [0.15, 0.2) is 53.4 Å². The predicted octanol–water partition coefficient (Wildman–Crippen LogP) is 5.72. The summed E-state index contributed by atoms with van der Waals surface area (Å²) in [6, 6.07) is 14.1. The molecule has 2 aromatic carbocycles. The van der Waals surface area contributed by atoms with E-state index in [-0.39, 0.29) is 23.8 Å². The smallest absolute Gasteiger partial charge is 0.327 e. The molecule has 0 fully saturated rings. The highest BCUT2D eigenvalue weighted by molar-refractivity contribution is 7.93. The van der Waals surface area contributed by atoms with Gasteiger partial charge in [-0.3, -0.25) is 4.79 Å². The molecule has 2 rings (SSSR count). The number of carbonyl (C=O) groups is 1. The molecular formula is C23H29ClO4S. The van der Waals surface area contributed by atoms with Crippen LogP contribution in [-0.2, 0) is 19.4 Å². The first-order valence-electron chi connectivity index (χ1n) is 9.89. The van der Waals surface area contributed by atoms with Gasteiger partial charge < -0.3 is 4.74 Å². The van der Waals surface area contributed by atoms with Crippen LogP contribution < -0.4 is 0 Å². The molecule has 2 unspecified atom stereocenters. The lowest BCUT2D eigenvalue weighted by Gasteiger charge is -2.29. The fourth-order valence-corrected chi connectivity index (χ4v) is 5.20. The standard InChI is InChI=1S/C23H29ClO4S/c1-5-18(19-9-11-20(24)12-10-19)15-16-23(4,22(25)28-6-2)29(26,27)21-13-7-17(3)8-14-21/h7-14,18H,5-6,15-16H2,1-4H3. The Kier molecular flexibility index (Phi) is 7.89. The predicted molar refractivity (Wildman–Crippen MR) is 117 cm³/mol. The second-order valence-electron chi connectivity index (χ2n) is 7.46. The highest BCUT2D eigenvalue weighted by atomic mass is 35.5. The van der Waals surface area contributed by atoms with Crippen molar-refractivity contribution in [2.45, 2.75) is 62.5 Å². The number of rotatable bonds is 9. The molecule has 0 bridgehead atoms. The van der Waals surface area contributed by atoms with Gasteiger partial charge in [0.05, 0.1) is 11.5 Å². The summed E-state index contributed by atoms with van der Waals surface area (Å²) >= 11 is 5.98. The van der Waals surface area contributed by atoms with Gasteiger partial charge in [0.1, 0.15) is 0 Å². The summed E-state index contributed by atoms with van der Waals surface area (Å²) < 4.78 is 30.4. The lowest BCUT2D eigenvalue weighted by Crippen LogP contribution is -2.45. The SMILES string of the molecule is CCOC(=O)C(C)(CCC(CC)c1ccc(Cl)cc1)S(=O)(=O)c1ccc(C)cc1. The maximum Gasteiger partial charge on any atom is 0.327 e. The molecule has 0 saturated heterocycles. The van der Waals surface area contributed by atoms with Crippen LogP contribution in [0, 0.1) is 6.92 Å². The summed E-state index contributed by atoms with van der Waals surface area (Å²) in [6.07, 6.45) is 1.53. The van der Waals surface area contributed by atoms with Crippen molar-refractivity contribution in [3.8, 4) is 0 Å². The van der Waals surface area contributed by atoms with E-state index in [0.29, 0.717) is 11.4 Å². The molecule has 4 nitrogen and oxygen atoms in total. The first-order valence-corrected chi connectivity index (χ1v) is 11.8. The molecular weight excluding hydrogens is 408 g/mol. The summed E-state index contributed by atoms with van der Waals surface area (Å²) in [5, 5.41) is 0.655. The minimum absolute atomic E-state index is 0.120. The van der Waals surface area contributed by atoms with E-state index in [1.165, 1.54) is 6.92 Å². The quantitative estimate of drug-likeness (QED) is 0.472. The molecule has 158 valence electrons. The zero-order valence-corrected chi connectivity index (χ0v) is 19.0. The first kappa shape index (κ1) is 23.4. The number of aryl methyl sites for hydroxylation is 1.